The molecule has 4 rings (SSSR count). The van der Waals surface area contributed by atoms with Crippen molar-refractivity contribution >= 4 is 40.0 Å². The summed E-state index contributed by atoms with van der Waals surface area (Å²) in [6.45, 7) is 1.19. The van der Waals surface area contributed by atoms with E-state index in [-0.39, 0.29) is 11.3 Å². The molecule has 1 aliphatic rings. The summed E-state index contributed by atoms with van der Waals surface area (Å²) >= 11 is 5.97. The number of carbonyl (C=O) groups excluding carboxylic acids is 2. The van der Waals surface area contributed by atoms with E-state index in [0.29, 0.717) is 23.6 Å². The molecule has 31 heavy (non-hydrogen) atoms. The van der Waals surface area contributed by atoms with Crippen molar-refractivity contribution in [2.75, 3.05) is 27.2 Å². The summed E-state index contributed by atoms with van der Waals surface area (Å²) in [5.41, 5.74) is 2.24. The minimum atomic E-state index is -0.674. The Morgan fingerprint density at radius 1 is 1.13 bits per heavy atom. The highest BCUT2D eigenvalue weighted by molar-refractivity contribution is 6.46. The number of ketones is 1. The van der Waals surface area contributed by atoms with Crippen LogP contribution in [0.3, 0.4) is 0 Å². The number of halogens is 1. The van der Waals surface area contributed by atoms with Gasteiger partial charge >= 0.3 is 0 Å². The number of aromatic nitrogens is 1. The van der Waals surface area contributed by atoms with E-state index in [4.69, 9.17) is 11.6 Å². The van der Waals surface area contributed by atoms with Gasteiger partial charge in [0.05, 0.1) is 11.6 Å². The molecular weight excluding hydrogens is 414 g/mol. The van der Waals surface area contributed by atoms with Gasteiger partial charge in [0.25, 0.3) is 11.7 Å². The first-order chi connectivity index (χ1) is 14.9. The molecule has 2 heterocycles. The molecule has 1 fully saturated rings. The van der Waals surface area contributed by atoms with Crippen molar-refractivity contribution in [1.82, 2.24) is 14.8 Å². The topological polar surface area (TPSA) is 76.6 Å². The molecule has 2 aromatic carbocycles. The Labute approximate surface area is 185 Å². The van der Waals surface area contributed by atoms with Crippen LogP contribution in [-0.4, -0.2) is 58.8 Å². The molecule has 1 amide bonds. The second-order valence-corrected chi connectivity index (χ2v) is 8.38. The maximum atomic E-state index is 13.1. The van der Waals surface area contributed by atoms with Crippen LogP contribution in [0, 0.1) is 0 Å². The quantitative estimate of drug-likeness (QED) is 0.344. The molecule has 0 bridgehead atoms. The average molecular weight is 438 g/mol. The van der Waals surface area contributed by atoms with E-state index in [2.05, 4.69) is 4.98 Å². The second-order valence-electron chi connectivity index (χ2n) is 7.95. The molecule has 7 heteroatoms. The number of para-hydroxylation sites is 1. The van der Waals surface area contributed by atoms with Crippen LogP contribution < -0.4 is 0 Å². The Hall–Kier alpha value is -3.09. The summed E-state index contributed by atoms with van der Waals surface area (Å²) in [5.74, 6) is -1.46. The fourth-order valence-electron chi connectivity index (χ4n) is 4.07. The third-order valence-electron chi connectivity index (χ3n) is 5.58. The Morgan fingerprint density at radius 3 is 2.55 bits per heavy atom. The first-order valence-corrected chi connectivity index (χ1v) is 10.5. The van der Waals surface area contributed by atoms with Gasteiger partial charge in [-0.25, -0.2) is 0 Å². The molecular formula is C24H24ClN3O3. The van der Waals surface area contributed by atoms with Crippen molar-refractivity contribution < 1.29 is 14.7 Å². The van der Waals surface area contributed by atoms with Crippen molar-refractivity contribution in [2.45, 2.75) is 12.5 Å². The molecule has 3 aromatic rings. The average Bonchev–Trinajstić information content (AvgIpc) is 3.28. The second kappa shape index (κ2) is 8.57. The fourth-order valence-corrected chi connectivity index (χ4v) is 4.20. The summed E-state index contributed by atoms with van der Waals surface area (Å²) in [7, 11) is 3.93. The predicted octanol–water partition coefficient (Wildman–Crippen LogP) is 4.19. The highest BCUT2D eigenvalue weighted by Gasteiger charge is 2.46. The van der Waals surface area contributed by atoms with Gasteiger partial charge in [-0.1, -0.05) is 29.8 Å². The zero-order valence-corrected chi connectivity index (χ0v) is 18.2. The number of H-pyrrole nitrogens is 1. The molecule has 1 unspecified atom stereocenters. The molecule has 0 aliphatic carbocycles. The predicted molar refractivity (Wildman–Crippen MR) is 122 cm³/mol. The number of aliphatic hydroxyl groups is 1. The molecule has 6 nitrogen and oxygen atoms in total. The summed E-state index contributed by atoms with van der Waals surface area (Å²) in [6, 6.07) is 13.6. The fraction of sp³-hybridized carbons (Fsp3) is 0.250. The molecule has 1 saturated heterocycles. The molecule has 2 N–H and O–H groups in total. The minimum absolute atomic E-state index is 0.0990. The van der Waals surface area contributed by atoms with E-state index in [0.717, 1.165) is 23.0 Å². The third kappa shape index (κ3) is 3.96. The van der Waals surface area contributed by atoms with Crippen LogP contribution in [0.1, 0.15) is 23.6 Å². The number of benzene rings is 2. The van der Waals surface area contributed by atoms with E-state index in [1.54, 1.807) is 29.2 Å². The third-order valence-corrected chi connectivity index (χ3v) is 5.83. The van der Waals surface area contributed by atoms with E-state index in [9.17, 15) is 14.7 Å². The highest BCUT2D eigenvalue weighted by atomic mass is 35.5. The van der Waals surface area contributed by atoms with Crippen LogP contribution in [0.25, 0.3) is 16.7 Å². The van der Waals surface area contributed by atoms with Crippen LogP contribution in [0.4, 0.5) is 0 Å². The molecule has 1 aromatic heterocycles. The number of nitrogens with one attached hydrogen (secondary N) is 1. The van der Waals surface area contributed by atoms with Gasteiger partial charge in [-0.15, -0.1) is 0 Å². The molecule has 160 valence electrons. The molecule has 0 spiro atoms. The zero-order valence-electron chi connectivity index (χ0n) is 17.4. The first-order valence-electron chi connectivity index (χ1n) is 10.1. The Bertz CT molecular complexity index is 1160. The number of nitrogens with zero attached hydrogens (tertiary/aromatic N) is 2. The number of carbonyl (C=O) groups is 2. The van der Waals surface area contributed by atoms with Crippen molar-refractivity contribution in [3.8, 4) is 0 Å². The maximum Gasteiger partial charge on any atom is 0.295 e. The van der Waals surface area contributed by atoms with E-state index >= 15 is 0 Å². The summed E-state index contributed by atoms with van der Waals surface area (Å²) in [4.78, 5) is 32.9. The minimum Gasteiger partial charge on any atom is -0.507 e. The Morgan fingerprint density at radius 2 is 1.84 bits per heavy atom. The summed E-state index contributed by atoms with van der Waals surface area (Å²) in [6.07, 6.45) is 2.52. The van der Waals surface area contributed by atoms with Crippen molar-refractivity contribution in [3.63, 3.8) is 0 Å². The number of Topliss-reactive ketones (excluding diaryl/α,β-unsaturated/α-hetero) is 1. The molecule has 0 radical (unpaired) electrons. The number of hydrogen-bond donors (Lipinski definition) is 2. The van der Waals surface area contributed by atoms with E-state index in [1.807, 2.05) is 49.5 Å². The number of amides is 1. The zero-order chi connectivity index (χ0) is 22.1. The number of aliphatic hydroxyl groups excluding tert-OH is 1. The first kappa shape index (κ1) is 21.2. The van der Waals surface area contributed by atoms with Crippen molar-refractivity contribution in [3.05, 3.63) is 76.5 Å². The number of aromatic amines is 1. The van der Waals surface area contributed by atoms with E-state index in [1.165, 1.54) is 0 Å². The van der Waals surface area contributed by atoms with Gasteiger partial charge < -0.3 is 19.9 Å². The lowest BCUT2D eigenvalue weighted by Gasteiger charge is -2.25. The van der Waals surface area contributed by atoms with Crippen LogP contribution in [0.15, 0.2) is 60.3 Å². The monoisotopic (exact) mass is 437 g/mol. The standard InChI is InChI=1S/C24H24ClN3O3/c1-27(2)12-5-13-28-21(18-14-26-19-7-4-3-6-17(18)19)20(23(30)24(28)31)22(29)15-8-10-16(25)11-9-15/h3-4,6-11,14,21,26,29H,5,12-13H2,1-2H3/b22-20+. The maximum absolute atomic E-state index is 13.1. The largest absolute Gasteiger partial charge is 0.507 e. The van der Waals surface area contributed by atoms with Crippen molar-refractivity contribution in [2.24, 2.45) is 0 Å². The van der Waals surface area contributed by atoms with Gasteiger partial charge in [0.1, 0.15) is 5.76 Å². The van der Waals surface area contributed by atoms with Gasteiger partial charge in [0.2, 0.25) is 0 Å². The van der Waals surface area contributed by atoms with Gasteiger partial charge in [-0.2, -0.15) is 0 Å². The van der Waals surface area contributed by atoms with Crippen LogP contribution in [0.5, 0.6) is 0 Å². The van der Waals surface area contributed by atoms with Gasteiger partial charge in [-0.3, -0.25) is 9.59 Å². The Balaban J connectivity index is 1.85. The van der Waals surface area contributed by atoms with Gasteiger partial charge in [-0.05, 0) is 57.4 Å². The Kier molecular flexibility index (Phi) is 5.85. The number of likely N-dealkylation sites (tertiary alicyclic amines) is 1. The lowest BCUT2D eigenvalue weighted by molar-refractivity contribution is -0.139. The van der Waals surface area contributed by atoms with Crippen LogP contribution in [0.2, 0.25) is 5.02 Å². The van der Waals surface area contributed by atoms with Gasteiger partial charge in [0.15, 0.2) is 0 Å². The molecule has 1 atom stereocenters. The van der Waals surface area contributed by atoms with Crippen LogP contribution >= 0.6 is 11.6 Å². The number of fused-ring (bicyclic) bond motifs is 1. The highest BCUT2D eigenvalue weighted by Crippen LogP contribution is 2.42. The number of hydrogen-bond acceptors (Lipinski definition) is 4. The SMILES string of the molecule is CN(C)CCCN1C(=O)C(=O)/C(=C(/O)c2ccc(Cl)cc2)C1c1c[nH]c2ccccc12. The molecule has 1 aliphatic heterocycles. The van der Waals surface area contributed by atoms with Gasteiger partial charge in [0, 0.05) is 39.8 Å². The summed E-state index contributed by atoms with van der Waals surface area (Å²) < 4.78 is 0. The van der Waals surface area contributed by atoms with Crippen molar-refractivity contribution in [1.29, 1.82) is 0 Å². The van der Waals surface area contributed by atoms with Crippen LogP contribution in [-0.2, 0) is 9.59 Å². The molecule has 0 saturated carbocycles. The lowest BCUT2D eigenvalue weighted by atomic mass is 9.95. The smallest absolute Gasteiger partial charge is 0.295 e. The normalized spacial score (nSPS) is 18.5. The van der Waals surface area contributed by atoms with E-state index < -0.39 is 17.7 Å². The number of rotatable bonds is 6. The lowest BCUT2D eigenvalue weighted by Crippen LogP contribution is -2.32. The summed E-state index contributed by atoms with van der Waals surface area (Å²) in [5, 5.41) is 12.5.